The van der Waals surface area contributed by atoms with Crippen LogP contribution < -0.4 is 5.32 Å². The summed E-state index contributed by atoms with van der Waals surface area (Å²) in [6.07, 6.45) is 2.06. The van der Waals surface area contributed by atoms with E-state index in [1.54, 1.807) is 36.4 Å². The third-order valence-electron chi connectivity index (χ3n) is 3.95. The van der Waals surface area contributed by atoms with Gasteiger partial charge in [0.25, 0.3) is 0 Å². The Hall–Kier alpha value is -1.62. The second-order valence-electron chi connectivity index (χ2n) is 5.90. The lowest BCUT2D eigenvalue weighted by Crippen LogP contribution is -2.34. The number of nitrogens with zero attached hydrogens (tertiary/aromatic N) is 1. The van der Waals surface area contributed by atoms with Crippen molar-refractivity contribution in [2.45, 2.75) is 25.4 Å². The third kappa shape index (κ3) is 4.47. The van der Waals surface area contributed by atoms with E-state index in [-0.39, 0.29) is 18.3 Å². The van der Waals surface area contributed by atoms with Gasteiger partial charge in [-0.25, -0.2) is 4.39 Å². The van der Waals surface area contributed by atoms with E-state index in [0.717, 1.165) is 12.8 Å². The molecule has 126 valence electrons. The quantitative estimate of drug-likeness (QED) is 0.800. The summed E-state index contributed by atoms with van der Waals surface area (Å²) in [5.74, 6) is -0.424. The maximum Gasteiger partial charge on any atom is 0.238 e. The van der Waals surface area contributed by atoms with E-state index in [4.69, 9.17) is 23.2 Å². The van der Waals surface area contributed by atoms with Gasteiger partial charge in [-0.05, 0) is 37.1 Å². The van der Waals surface area contributed by atoms with E-state index in [1.165, 1.54) is 6.07 Å². The van der Waals surface area contributed by atoms with Gasteiger partial charge in [-0.15, -0.1) is 0 Å². The molecule has 1 saturated carbocycles. The van der Waals surface area contributed by atoms with E-state index in [1.807, 2.05) is 4.90 Å². The van der Waals surface area contributed by atoms with Crippen LogP contribution in [0.4, 0.5) is 10.1 Å². The van der Waals surface area contributed by atoms with Crippen LogP contribution in [0.5, 0.6) is 0 Å². The molecule has 24 heavy (non-hydrogen) atoms. The number of hydrogen-bond acceptors (Lipinski definition) is 2. The van der Waals surface area contributed by atoms with Gasteiger partial charge in [-0.1, -0.05) is 41.4 Å². The average Bonchev–Trinajstić information content (AvgIpc) is 3.36. The van der Waals surface area contributed by atoms with Crippen LogP contribution in [0.1, 0.15) is 18.4 Å². The topological polar surface area (TPSA) is 32.3 Å². The predicted octanol–water partition coefficient (Wildman–Crippen LogP) is 4.74. The number of hydrogen-bond donors (Lipinski definition) is 1. The Bertz CT molecular complexity index is 750. The van der Waals surface area contributed by atoms with Gasteiger partial charge in [-0.2, -0.15) is 0 Å². The van der Waals surface area contributed by atoms with Crippen LogP contribution in [0.15, 0.2) is 42.5 Å². The number of carbonyl (C=O) groups is 1. The summed E-state index contributed by atoms with van der Waals surface area (Å²) in [7, 11) is 0. The predicted molar refractivity (Wildman–Crippen MR) is 94.9 cm³/mol. The summed E-state index contributed by atoms with van der Waals surface area (Å²) in [5.41, 5.74) is 1.12. The molecule has 0 bridgehead atoms. The molecule has 0 unspecified atom stereocenters. The molecule has 3 rings (SSSR count). The molecule has 1 N–H and O–H groups in total. The fourth-order valence-electron chi connectivity index (χ4n) is 2.56. The summed E-state index contributed by atoms with van der Waals surface area (Å²) in [6.45, 7) is 0.608. The van der Waals surface area contributed by atoms with E-state index < -0.39 is 0 Å². The van der Waals surface area contributed by atoms with Gasteiger partial charge < -0.3 is 5.32 Å². The van der Waals surface area contributed by atoms with Crippen molar-refractivity contribution >= 4 is 34.8 Å². The van der Waals surface area contributed by atoms with Crippen molar-refractivity contribution in [2.75, 3.05) is 11.9 Å². The third-order valence-corrected chi connectivity index (χ3v) is 4.49. The molecule has 0 saturated heterocycles. The van der Waals surface area contributed by atoms with Crippen LogP contribution >= 0.6 is 23.2 Å². The number of halogens is 3. The van der Waals surface area contributed by atoms with Crippen LogP contribution in [0.3, 0.4) is 0 Å². The first kappa shape index (κ1) is 17.2. The second kappa shape index (κ2) is 7.51. The average molecular weight is 367 g/mol. The number of carbonyl (C=O) groups excluding carboxylic acids is 1. The molecule has 1 amide bonds. The largest absolute Gasteiger partial charge is 0.324 e. The van der Waals surface area contributed by atoms with Crippen molar-refractivity contribution in [3.63, 3.8) is 0 Å². The van der Waals surface area contributed by atoms with E-state index in [2.05, 4.69) is 5.32 Å². The molecule has 6 heteroatoms. The normalized spacial score (nSPS) is 14.0. The molecular weight excluding hydrogens is 350 g/mol. The zero-order chi connectivity index (χ0) is 17.1. The van der Waals surface area contributed by atoms with Crippen LogP contribution in [0.2, 0.25) is 10.0 Å². The smallest absolute Gasteiger partial charge is 0.238 e. The van der Waals surface area contributed by atoms with Gasteiger partial charge in [0.2, 0.25) is 5.91 Å². The SMILES string of the molecule is O=C(CN(Cc1ccccc1F)C1CC1)Nc1ccc(Cl)cc1Cl. The van der Waals surface area contributed by atoms with E-state index in [0.29, 0.717) is 33.9 Å². The summed E-state index contributed by atoms with van der Waals surface area (Å²) < 4.78 is 13.9. The first-order valence-corrected chi connectivity index (χ1v) is 8.51. The molecule has 1 fully saturated rings. The Balaban J connectivity index is 1.65. The number of benzene rings is 2. The van der Waals surface area contributed by atoms with Gasteiger partial charge in [0.05, 0.1) is 17.3 Å². The molecule has 0 heterocycles. The number of amides is 1. The van der Waals surface area contributed by atoms with E-state index >= 15 is 0 Å². The first-order chi connectivity index (χ1) is 11.5. The summed E-state index contributed by atoms with van der Waals surface area (Å²) in [5, 5.41) is 3.69. The molecular formula is C18H17Cl2FN2O. The Labute approximate surface area is 150 Å². The fourth-order valence-corrected chi connectivity index (χ4v) is 3.02. The Kier molecular flexibility index (Phi) is 5.39. The minimum atomic E-state index is -0.246. The maximum atomic E-state index is 13.9. The Morgan fingerprint density at radius 1 is 1.21 bits per heavy atom. The Morgan fingerprint density at radius 2 is 1.96 bits per heavy atom. The lowest BCUT2D eigenvalue weighted by atomic mass is 10.2. The molecule has 1 aliphatic carbocycles. The van der Waals surface area contributed by atoms with Crippen molar-refractivity contribution in [1.82, 2.24) is 4.90 Å². The van der Waals surface area contributed by atoms with Gasteiger partial charge in [-0.3, -0.25) is 9.69 Å². The van der Waals surface area contributed by atoms with Crippen molar-refractivity contribution < 1.29 is 9.18 Å². The van der Waals surface area contributed by atoms with Crippen molar-refractivity contribution in [3.8, 4) is 0 Å². The highest BCUT2D eigenvalue weighted by Crippen LogP contribution is 2.29. The highest BCUT2D eigenvalue weighted by atomic mass is 35.5. The molecule has 0 radical (unpaired) electrons. The van der Waals surface area contributed by atoms with Crippen molar-refractivity contribution in [3.05, 3.63) is 63.9 Å². The van der Waals surface area contributed by atoms with Gasteiger partial charge in [0.15, 0.2) is 0 Å². The van der Waals surface area contributed by atoms with Crippen LogP contribution in [-0.2, 0) is 11.3 Å². The lowest BCUT2D eigenvalue weighted by Gasteiger charge is -2.22. The lowest BCUT2D eigenvalue weighted by molar-refractivity contribution is -0.117. The first-order valence-electron chi connectivity index (χ1n) is 7.75. The van der Waals surface area contributed by atoms with Gasteiger partial charge in [0.1, 0.15) is 5.82 Å². The molecule has 2 aromatic rings. The zero-order valence-electron chi connectivity index (χ0n) is 12.9. The van der Waals surface area contributed by atoms with Crippen LogP contribution in [-0.4, -0.2) is 23.4 Å². The molecule has 0 aromatic heterocycles. The molecule has 0 atom stereocenters. The van der Waals surface area contributed by atoms with Gasteiger partial charge in [0, 0.05) is 23.2 Å². The number of nitrogens with one attached hydrogen (secondary N) is 1. The highest BCUT2D eigenvalue weighted by molar-refractivity contribution is 6.36. The summed E-state index contributed by atoms with van der Waals surface area (Å²) in [6, 6.07) is 11.9. The van der Waals surface area contributed by atoms with Crippen LogP contribution in [0, 0.1) is 5.82 Å². The molecule has 0 aliphatic heterocycles. The van der Waals surface area contributed by atoms with Gasteiger partial charge >= 0.3 is 0 Å². The molecule has 3 nitrogen and oxygen atoms in total. The molecule has 2 aromatic carbocycles. The minimum Gasteiger partial charge on any atom is -0.324 e. The molecule has 0 spiro atoms. The highest BCUT2D eigenvalue weighted by Gasteiger charge is 2.30. The minimum absolute atomic E-state index is 0.178. The molecule has 1 aliphatic rings. The van der Waals surface area contributed by atoms with Crippen molar-refractivity contribution in [1.29, 1.82) is 0 Å². The Morgan fingerprint density at radius 3 is 2.62 bits per heavy atom. The monoisotopic (exact) mass is 366 g/mol. The fraction of sp³-hybridized carbons (Fsp3) is 0.278. The second-order valence-corrected chi connectivity index (χ2v) is 6.74. The number of anilines is 1. The van der Waals surface area contributed by atoms with Crippen molar-refractivity contribution in [2.24, 2.45) is 0 Å². The zero-order valence-corrected chi connectivity index (χ0v) is 14.4. The summed E-state index contributed by atoms with van der Waals surface area (Å²) >= 11 is 11.9. The maximum absolute atomic E-state index is 13.9. The number of rotatable bonds is 6. The van der Waals surface area contributed by atoms with E-state index in [9.17, 15) is 9.18 Å². The van der Waals surface area contributed by atoms with Crippen LogP contribution in [0.25, 0.3) is 0 Å². The standard InChI is InChI=1S/C18H17Cl2FN2O/c19-13-5-8-17(15(20)9-13)22-18(24)11-23(14-6-7-14)10-12-3-1-2-4-16(12)21/h1-5,8-9,14H,6-7,10-11H2,(H,22,24). The summed E-state index contributed by atoms with van der Waals surface area (Å²) in [4.78, 5) is 14.3.